The maximum absolute atomic E-state index is 8.69. The van der Waals surface area contributed by atoms with Crippen LogP contribution in [0, 0.1) is 6.92 Å². The molecule has 0 aliphatic carbocycles. The third kappa shape index (κ3) is 44.6. The van der Waals surface area contributed by atoms with Gasteiger partial charge in [0.15, 0.2) is 0 Å². The zero-order valence-corrected chi connectivity index (χ0v) is 5.37. The predicted octanol–water partition coefficient (Wildman–Crippen LogP) is 0.0169. The van der Waals surface area contributed by atoms with Gasteiger partial charge in [0, 0.05) is 26.4 Å². The van der Waals surface area contributed by atoms with Crippen molar-refractivity contribution < 1.29 is 24.3 Å². The minimum Gasteiger partial charge on any atom is -0.303 e. The summed E-state index contributed by atoms with van der Waals surface area (Å²) in [5.41, 5.74) is 0. The Labute approximate surface area is 38.1 Å². The third-order valence-corrected chi connectivity index (χ3v) is 0. The van der Waals surface area contributed by atoms with E-state index in [1.54, 1.807) is 0 Å². The number of hydrogen-bond donors (Lipinski definition) is 0. The molecular weight excluding hydrogens is 105 g/mol. The maximum atomic E-state index is 8.69. The summed E-state index contributed by atoms with van der Waals surface area (Å²) >= 11 is 0. The third-order valence-electron chi connectivity index (χ3n) is 0. The summed E-state index contributed by atoms with van der Waals surface area (Å²) in [5.74, 6) is 0. The van der Waals surface area contributed by atoms with Crippen molar-refractivity contribution in [3.8, 4) is 0 Å². The van der Waals surface area contributed by atoms with E-state index < -0.39 is 0 Å². The smallest absolute Gasteiger partial charge is 0.120 e. The number of carbonyl (C=O) groups excluding carboxylic acids is 1. The van der Waals surface area contributed by atoms with Crippen LogP contribution >= 0.6 is 0 Å². The number of carbonyl (C=O) groups is 1. The van der Waals surface area contributed by atoms with Gasteiger partial charge < -0.3 is 4.79 Å². The topological polar surface area (TPSA) is 17.1 Å². The fourth-order valence-corrected chi connectivity index (χ4v) is 0. The minimum absolute atomic E-state index is 0. The first-order valence-electron chi connectivity index (χ1n) is 0.644. The van der Waals surface area contributed by atoms with Crippen molar-refractivity contribution in [3.05, 3.63) is 6.92 Å². The van der Waals surface area contributed by atoms with Crippen LogP contribution in [0.5, 0.6) is 0 Å². The van der Waals surface area contributed by atoms with Crippen LogP contribution < -0.4 is 0 Å². The molecular formula is C2H3OZn. The molecule has 0 aromatic heterocycles. The molecule has 0 rings (SSSR count). The summed E-state index contributed by atoms with van der Waals surface area (Å²) in [5, 5.41) is 0. The molecule has 0 aliphatic heterocycles. The van der Waals surface area contributed by atoms with Crippen molar-refractivity contribution in [2.45, 2.75) is 0 Å². The van der Waals surface area contributed by atoms with E-state index in [4.69, 9.17) is 4.79 Å². The Bertz CT molecular complexity index is 13.5. The number of hydrogen-bond acceptors (Lipinski definition) is 1. The van der Waals surface area contributed by atoms with Gasteiger partial charge in [0.25, 0.3) is 0 Å². The second-order valence-electron chi connectivity index (χ2n) is 0.167. The molecule has 0 aliphatic rings. The van der Waals surface area contributed by atoms with Crippen molar-refractivity contribution in [3.63, 3.8) is 0 Å². The van der Waals surface area contributed by atoms with E-state index in [-0.39, 0.29) is 19.5 Å². The van der Waals surface area contributed by atoms with Gasteiger partial charge in [0.1, 0.15) is 6.29 Å². The Balaban J connectivity index is 0. The first kappa shape index (κ1) is 8.85. The molecule has 0 bridgehead atoms. The first-order valence-corrected chi connectivity index (χ1v) is 0.644. The maximum Gasteiger partial charge on any atom is 0.120 e. The van der Waals surface area contributed by atoms with Crippen molar-refractivity contribution in [1.82, 2.24) is 0 Å². The van der Waals surface area contributed by atoms with Gasteiger partial charge in [-0.3, -0.25) is 0 Å². The van der Waals surface area contributed by atoms with Gasteiger partial charge in [-0.1, -0.05) is 0 Å². The molecule has 2 heteroatoms. The largest absolute Gasteiger partial charge is 0.303 e. The van der Waals surface area contributed by atoms with Crippen molar-refractivity contribution in [1.29, 1.82) is 0 Å². The normalized spacial score (nSPS) is 3.25. The Morgan fingerprint density at radius 1 is 1.75 bits per heavy atom. The average molecular weight is 108 g/mol. The molecule has 0 fully saturated rings. The second-order valence-corrected chi connectivity index (χ2v) is 0.167. The van der Waals surface area contributed by atoms with E-state index in [0.29, 0.717) is 6.29 Å². The monoisotopic (exact) mass is 107 g/mol. The summed E-state index contributed by atoms with van der Waals surface area (Å²) < 4.78 is 0. The van der Waals surface area contributed by atoms with Gasteiger partial charge in [0.05, 0.1) is 0 Å². The van der Waals surface area contributed by atoms with Gasteiger partial charge in [0.2, 0.25) is 0 Å². The van der Waals surface area contributed by atoms with E-state index in [0.717, 1.165) is 0 Å². The van der Waals surface area contributed by atoms with Crippen LogP contribution in [-0.2, 0) is 24.3 Å². The molecule has 0 heterocycles. The van der Waals surface area contributed by atoms with E-state index >= 15 is 0 Å². The molecule has 1 radical (unpaired) electrons. The van der Waals surface area contributed by atoms with Crippen molar-refractivity contribution in [2.75, 3.05) is 0 Å². The molecule has 0 saturated carbocycles. The molecule has 0 unspecified atom stereocenters. The molecule has 0 amide bonds. The average Bonchev–Trinajstić information content (AvgIpc) is 0.918. The molecule has 0 N–H and O–H groups in total. The van der Waals surface area contributed by atoms with Gasteiger partial charge in [-0.25, -0.2) is 0 Å². The van der Waals surface area contributed by atoms with Crippen LogP contribution in [0.15, 0.2) is 0 Å². The Morgan fingerprint density at radius 3 is 1.75 bits per heavy atom. The molecule has 0 saturated heterocycles. The zero-order chi connectivity index (χ0) is 2.71. The minimum atomic E-state index is 0. The zero-order valence-electron chi connectivity index (χ0n) is 2.40. The molecule has 0 aromatic carbocycles. The summed E-state index contributed by atoms with van der Waals surface area (Å²) in [7, 11) is 0. The fourth-order valence-electron chi connectivity index (χ4n) is 0. The van der Waals surface area contributed by atoms with Crippen LogP contribution in [0.2, 0.25) is 0 Å². The molecule has 0 aromatic rings. The molecule has 1 nitrogen and oxygen atoms in total. The summed E-state index contributed by atoms with van der Waals surface area (Å²) in [6.45, 7) is 2.81. The SMILES string of the molecule is [CH2]C=O.[Zn]. The molecule has 0 atom stereocenters. The van der Waals surface area contributed by atoms with Crippen LogP contribution in [-0.4, -0.2) is 6.29 Å². The molecule has 19 valence electrons. The van der Waals surface area contributed by atoms with Crippen molar-refractivity contribution in [2.24, 2.45) is 0 Å². The molecule has 4 heavy (non-hydrogen) atoms. The second kappa shape index (κ2) is 10.4. The van der Waals surface area contributed by atoms with Gasteiger partial charge in [-0.15, -0.1) is 0 Å². The summed E-state index contributed by atoms with van der Waals surface area (Å²) in [6.07, 6.45) is 0.500. The van der Waals surface area contributed by atoms with E-state index in [1.165, 1.54) is 0 Å². The van der Waals surface area contributed by atoms with Gasteiger partial charge in [-0.05, 0) is 0 Å². The van der Waals surface area contributed by atoms with E-state index in [2.05, 4.69) is 6.92 Å². The van der Waals surface area contributed by atoms with Crippen molar-refractivity contribution >= 4 is 6.29 Å². The van der Waals surface area contributed by atoms with Crippen LogP contribution in [0.4, 0.5) is 0 Å². The fraction of sp³-hybridized carbons (Fsp3) is 0. The first-order chi connectivity index (χ1) is 1.41. The number of rotatable bonds is 0. The quantitative estimate of drug-likeness (QED) is 0.316. The molecule has 0 spiro atoms. The summed E-state index contributed by atoms with van der Waals surface area (Å²) in [6, 6.07) is 0. The van der Waals surface area contributed by atoms with Crippen LogP contribution in [0.25, 0.3) is 0 Å². The van der Waals surface area contributed by atoms with Gasteiger partial charge >= 0.3 is 0 Å². The van der Waals surface area contributed by atoms with E-state index in [9.17, 15) is 0 Å². The summed E-state index contributed by atoms with van der Waals surface area (Å²) in [4.78, 5) is 8.69. The standard InChI is InChI=1S/C2H3O.Zn/c1-2-3;/h2H,1H2;. The predicted molar refractivity (Wildman–Crippen MR) is 11.4 cm³/mol. The van der Waals surface area contributed by atoms with Crippen LogP contribution in [0.3, 0.4) is 0 Å². The Morgan fingerprint density at radius 2 is 1.75 bits per heavy atom. The van der Waals surface area contributed by atoms with E-state index in [1.807, 2.05) is 0 Å². The number of aldehydes is 1. The van der Waals surface area contributed by atoms with Gasteiger partial charge in [-0.2, -0.15) is 0 Å². The Hall–Kier alpha value is 0.293. The van der Waals surface area contributed by atoms with Crippen LogP contribution in [0.1, 0.15) is 0 Å². The Kier molecular flexibility index (Phi) is 22.9.